The van der Waals surface area contributed by atoms with E-state index < -0.39 is 5.60 Å². The zero-order chi connectivity index (χ0) is 11.5. The van der Waals surface area contributed by atoms with Crippen LogP contribution in [0.3, 0.4) is 0 Å². The highest BCUT2D eigenvalue weighted by atomic mass is 16.3. The van der Waals surface area contributed by atoms with Gasteiger partial charge in [-0.2, -0.15) is 5.10 Å². The molecule has 5 nitrogen and oxygen atoms in total. The maximum absolute atomic E-state index is 11.3. The lowest BCUT2D eigenvalue weighted by Crippen LogP contribution is -2.42. The Bertz CT molecular complexity index is 339. The summed E-state index contributed by atoms with van der Waals surface area (Å²) in [6.45, 7) is 3.44. The number of rotatable bonds is 4. The van der Waals surface area contributed by atoms with Crippen LogP contribution in [0.4, 0.5) is 0 Å². The molecule has 1 amide bonds. The molecule has 0 unspecified atom stereocenters. The van der Waals surface area contributed by atoms with Crippen molar-refractivity contribution in [1.82, 2.24) is 15.1 Å². The third kappa shape index (κ3) is 3.71. The third-order valence-electron chi connectivity index (χ3n) is 2.01. The number of carbonyl (C=O) groups excluding carboxylic acids is 1. The minimum Gasteiger partial charge on any atom is -0.381 e. The molecule has 0 atom stereocenters. The number of aromatic nitrogens is 2. The predicted octanol–water partition coefficient (Wildman–Crippen LogP) is -0.150. The molecule has 5 heteroatoms. The maximum Gasteiger partial charge on any atom is 0.251 e. The van der Waals surface area contributed by atoms with E-state index in [1.807, 2.05) is 13.2 Å². The van der Waals surface area contributed by atoms with Crippen LogP contribution in [0.25, 0.3) is 0 Å². The summed E-state index contributed by atoms with van der Waals surface area (Å²) in [6, 6.07) is 0. The third-order valence-corrected chi connectivity index (χ3v) is 2.01. The van der Waals surface area contributed by atoms with Crippen LogP contribution in [0.2, 0.25) is 0 Å². The van der Waals surface area contributed by atoms with Crippen LogP contribution in [0.15, 0.2) is 12.4 Å². The van der Waals surface area contributed by atoms with E-state index in [2.05, 4.69) is 10.4 Å². The molecule has 1 aromatic heterocycles. The summed E-state index contributed by atoms with van der Waals surface area (Å²) in [5, 5.41) is 16.0. The number of nitrogens with zero attached hydrogens (tertiary/aromatic N) is 2. The van der Waals surface area contributed by atoms with E-state index in [4.69, 9.17) is 0 Å². The second-order valence-electron chi connectivity index (χ2n) is 4.09. The molecule has 0 radical (unpaired) electrons. The first-order valence-electron chi connectivity index (χ1n) is 4.88. The maximum atomic E-state index is 11.3. The van der Waals surface area contributed by atoms with Crippen LogP contribution in [0, 0.1) is 0 Å². The zero-order valence-corrected chi connectivity index (χ0v) is 9.32. The lowest BCUT2D eigenvalue weighted by atomic mass is 10.1. The van der Waals surface area contributed by atoms with Crippen molar-refractivity contribution in [1.29, 1.82) is 0 Å². The van der Waals surface area contributed by atoms with Gasteiger partial charge in [0.15, 0.2) is 0 Å². The quantitative estimate of drug-likeness (QED) is 0.728. The first-order valence-corrected chi connectivity index (χ1v) is 4.88. The van der Waals surface area contributed by atoms with E-state index in [1.165, 1.54) is 13.8 Å². The topological polar surface area (TPSA) is 67.2 Å². The Hall–Kier alpha value is -1.36. The van der Waals surface area contributed by atoms with E-state index in [-0.39, 0.29) is 5.91 Å². The number of aryl methyl sites for hydroxylation is 1. The molecule has 0 aliphatic carbocycles. The van der Waals surface area contributed by atoms with E-state index in [0.29, 0.717) is 6.54 Å². The summed E-state index contributed by atoms with van der Waals surface area (Å²) in [5.74, 6) is -0.355. The average molecular weight is 211 g/mol. The molecule has 0 bridgehead atoms. The number of hydrogen-bond acceptors (Lipinski definition) is 3. The van der Waals surface area contributed by atoms with Gasteiger partial charge in [-0.05, 0) is 25.8 Å². The van der Waals surface area contributed by atoms with Crippen LogP contribution < -0.4 is 5.32 Å². The molecule has 1 aromatic rings. The summed E-state index contributed by atoms with van der Waals surface area (Å²) < 4.78 is 1.72. The first kappa shape index (κ1) is 11.7. The number of carbonyl (C=O) groups is 1. The highest BCUT2D eigenvalue weighted by Gasteiger charge is 2.22. The second kappa shape index (κ2) is 4.44. The fourth-order valence-electron chi connectivity index (χ4n) is 1.14. The van der Waals surface area contributed by atoms with Crippen molar-refractivity contribution in [3.63, 3.8) is 0 Å². The Balaban J connectivity index is 2.31. The predicted molar refractivity (Wildman–Crippen MR) is 56.2 cm³/mol. The fraction of sp³-hybridized carbons (Fsp3) is 0.600. The molecule has 0 aliphatic heterocycles. The Morgan fingerprint density at radius 2 is 2.33 bits per heavy atom. The van der Waals surface area contributed by atoms with Crippen molar-refractivity contribution in [2.45, 2.75) is 25.9 Å². The van der Waals surface area contributed by atoms with Gasteiger partial charge in [0.05, 0.1) is 6.20 Å². The van der Waals surface area contributed by atoms with Gasteiger partial charge >= 0.3 is 0 Å². The van der Waals surface area contributed by atoms with Crippen molar-refractivity contribution in [3.05, 3.63) is 18.0 Å². The van der Waals surface area contributed by atoms with Crippen LogP contribution >= 0.6 is 0 Å². The minimum absolute atomic E-state index is 0.355. The van der Waals surface area contributed by atoms with Crippen molar-refractivity contribution < 1.29 is 9.90 Å². The molecule has 2 N–H and O–H groups in total. The molecule has 0 spiro atoms. The Morgan fingerprint density at radius 1 is 1.67 bits per heavy atom. The lowest BCUT2D eigenvalue weighted by Gasteiger charge is -2.16. The number of nitrogens with one attached hydrogen (secondary N) is 1. The van der Waals surface area contributed by atoms with Gasteiger partial charge in [-0.15, -0.1) is 0 Å². The summed E-state index contributed by atoms with van der Waals surface area (Å²) in [4.78, 5) is 11.3. The minimum atomic E-state index is -1.31. The number of hydrogen-bond donors (Lipinski definition) is 2. The van der Waals surface area contributed by atoms with Crippen molar-refractivity contribution >= 4 is 5.91 Å². The Morgan fingerprint density at radius 3 is 2.80 bits per heavy atom. The van der Waals surface area contributed by atoms with Crippen molar-refractivity contribution in [3.8, 4) is 0 Å². The van der Waals surface area contributed by atoms with Gasteiger partial charge in [-0.3, -0.25) is 9.48 Å². The smallest absolute Gasteiger partial charge is 0.251 e. The molecule has 0 saturated heterocycles. The van der Waals surface area contributed by atoms with Gasteiger partial charge in [-0.1, -0.05) is 0 Å². The van der Waals surface area contributed by atoms with Crippen molar-refractivity contribution in [2.75, 3.05) is 6.54 Å². The number of amides is 1. The summed E-state index contributed by atoms with van der Waals surface area (Å²) in [6.07, 6.45) is 4.38. The summed E-state index contributed by atoms with van der Waals surface area (Å²) in [7, 11) is 1.85. The largest absolute Gasteiger partial charge is 0.381 e. The molecule has 1 heterocycles. The number of aliphatic hydroxyl groups is 1. The first-order chi connectivity index (χ1) is 6.89. The summed E-state index contributed by atoms with van der Waals surface area (Å²) in [5.41, 5.74) is -0.247. The van der Waals surface area contributed by atoms with Gasteiger partial charge in [0, 0.05) is 19.8 Å². The van der Waals surface area contributed by atoms with Crippen molar-refractivity contribution in [2.24, 2.45) is 7.05 Å². The molecular weight excluding hydrogens is 194 g/mol. The molecule has 1 rings (SSSR count). The zero-order valence-electron chi connectivity index (χ0n) is 9.32. The molecule has 0 aromatic carbocycles. The van der Waals surface area contributed by atoms with Gasteiger partial charge in [-0.25, -0.2) is 0 Å². The van der Waals surface area contributed by atoms with E-state index in [1.54, 1.807) is 10.9 Å². The van der Waals surface area contributed by atoms with Crippen LogP contribution in [0.1, 0.15) is 19.4 Å². The molecule has 0 fully saturated rings. The standard InChI is InChI=1S/C10H17N3O2/c1-10(2,15)9(14)11-5-4-8-6-12-13(3)7-8/h6-7,15H,4-5H2,1-3H3,(H,11,14). The SMILES string of the molecule is Cn1cc(CCNC(=O)C(C)(C)O)cn1. The van der Waals surface area contributed by atoms with E-state index in [9.17, 15) is 9.90 Å². The average Bonchev–Trinajstić information content (AvgIpc) is 2.49. The van der Waals surface area contributed by atoms with E-state index in [0.717, 1.165) is 12.0 Å². The van der Waals surface area contributed by atoms with Crippen LogP contribution in [-0.2, 0) is 18.3 Å². The van der Waals surface area contributed by atoms with Gasteiger partial charge in [0.1, 0.15) is 5.60 Å². The monoisotopic (exact) mass is 211 g/mol. The molecule has 84 valence electrons. The van der Waals surface area contributed by atoms with Gasteiger partial charge < -0.3 is 10.4 Å². The fourth-order valence-corrected chi connectivity index (χ4v) is 1.14. The van der Waals surface area contributed by atoms with Gasteiger partial charge in [0.25, 0.3) is 5.91 Å². The molecule has 15 heavy (non-hydrogen) atoms. The Labute approximate surface area is 89.1 Å². The second-order valence-corrected chi connectivity index (χ2v) is 4.09. The van der Waals surface area contributed by atoms with E-state index >= 15 is 0 Å². The van der Waals surface area contributed by atoms with Crippen LogP contribution in [0.5, 0.6) is 0 Å². The molecule has 0 saturated carbocycles. The molecular formula is C10H17N3O2. The summed E-state index contributed by atoms with van der Waals surface area (Å²) >= 11 is 0. The highest BCUT2D eigenvalue weighted by molar-refractivity contribution is 5.83. The lowest BCUT2D eigenvalue weighted by molar-refractivity contribution is -0.136. The Kier molecular flexibility index (Phi) is 3.47. The van der Waals surface area contributed by atoms with Crippen LogP contribution in [-0.4, -0.2) is 32.9 Å². The van der Waals surface area contributed by atoms with Gasteiger partial charge in [0.2, 0.25) is 0 Å². The normalized spacial score (nSPS) is 11.5. The highest BCUT2D eigenvalue weighted by Crippen LogP contribution is 2.00. The molecule has 0 aliphatic rings.